The highest BCUT2D eigenvalue weighted by molar-refractivity contribution is 7.89. The number of rotatable bonds is 8. The molecule has 2 rings (SSSR count). The van der Waals surface area contributed by atoms with Gasteiger partial charge in [-0.15, -0.1) is 0 Å². The second kappa shape index (κ2) is 8.82. The highest BCUT2D eigenvalue weighted by Crippen LogP contribution is 2.17. The second-order valence-electron chi connectivity index (χ2n) is 6.19. The van der Waals surface area contributed by atoms with E-state index in [1.807, 2.05) is 18.2 Å². The molecule has 0 aliphatic rings. The monoisotopic (exact) mass is 376 g/mol. The SMILES string of the molecule is COc1ccccc1CNC(=O)[C@@H](NS(=O)(=O)c1ccccc1)C(C)C. The fourth-order valence-electron chi connectivity index (χ4n) is 2.47. The van der Waals surface area contributed by atoms with E-state index in [1.165, 1.54) is 12.1 Å². The summed E-state index contributed by atoms with van der Waals surface area (Å²) in [5, 5.41) is 2.78. The Morgan fingerprint density at radius 3 is 2.27 bits per heavy atom. The van der Waals surface area contributed by atoms with Crippen molar-refractivity contribution in [2.24, 2.45) is 5.92 Å². The Labute approximate surface area is 154 Å². The third-order valence-electron chi connectivity index (χ3n) is 3.93. The number of amides is 1. The predicted molar refractivity (Wildman–Crippen MR) is 100 cm³/mol. The number of methoxy groups -OCH3 is 1. The lowest BCUT2D eigenvalue weighted by Gasteiger charge is -2.22. The Morgan fingerprint density at radius 2 is 1.65 bits per heavy atom. The van der Waals surface area contributed by atoms with Crippen LogP contribution in [0.4, 0.5) is 0 Å². The molecule has 26 heavy (non-hydrogen) atoms. The number of hydrogen-bond acceptors (Lipinski definition) is 4. The van der Waals surface area contributed by atoms with Crippen LogP contribution in [-0.2, 0) is 21.4 Å². The van der Waals surface area contributed by atoms with E-state index in [0.29, 0.717) is 5.75 Å². The third-order valence-corrected chi connectivity index (χ3v) is 5.39. The minimum Gasteiger partial charge on any atom is -0.496 e. The Morgan fingerprint density at radius 1 is 1.04 bits per heavy atom. The number of sulfonamides is 1. The standard InChI is InChI=1S/C19H24N2O4S/c1-14(2)18(21-26(23,24)16-10-5-4-6-11-16)19(22)20-13-15-9-7-8-12-17(15)25-3/h4-12,14,18,21H,13H2,1-3H3,(H,20,22)/t18-/m0/s1. The van der Waals surface area contributed by atoms with Gasteiger partial charge in [0, 0.05) is 12.1 Å². The molecule has 0 fully saturated rings. The molecule has 0 unspecified atom stereocenters. The van der Waals surface area contributed by atoms with E-state index in [4.69, 9.17) is 4.74 Å². The van der Waals surface area contributed by atoms with Crippen LogP contribution < -0.4 is 14.8 Å². The molecule has 0 radical (unpaired) electrons. The summed E-state index contributed by atoms with van der Waals surface area (Å²) >= 11 is 0. The van der Waals surface area contributed by atoms with Gasteiger partial charge in [0.05, 0.1) is 12.0 Å². The first-order chi connectivity index (χ1) is 12.3. The number of carbonyl (C=O) groups excluding carboxylic acids is 1. The van der Waals surface area contributed by atoms with E-state index in [1.54, 1.807) is 45.2 Å². The van der Waals surface area contributed by atoms with E-state index < -0.39 is 16.1 Å². The van der Waals surface area contributed by atoms with Crippen LogP contribution >= 0.6 is 0 Å². The van der Waals surface area contributed by atoms with Crippen molar-refractivity contribution < 1.29 is 17.9 Å². The van der Waals surface area contributed by atoms with Crippen LogP contribution in [0.2, 0.25) is 0 Å². The van der Waals surface area contributed by atoms with Crippen LogP contribution in [0, 0.1) is 5.92 Å². The summed E-state index contributed by atoms with van der Waals surface area (Å²) in [4.78, 5) is 12.7. The van der Waals surface area contributed by atoms with E-state index in [0.717, 1.165) is 5.56 Å². The van der Waals surface area contributed by atoms with E-state index >= 15 is 0 Å². The van der Waals surface area contributed by atoms with Gasteiger partial charge in [-0.2, -0.15) is 4.72 Å². The van der Waals surface area contributed by atoms with Crippen LogP contribution in [-0.4, -0.2) is 27.5 Å². The molecule has 1 atom stereocenters. The van der Waals surface area contributed by atoms with Crippen molar-refractivity contribution in [1.29, 1.82) is 0 Å². The number of benzene rings is 2. The van der Waals surface area contributed by atoms with Crippen LogP contribution in [0.25, 0.3) is 0 Å². The molecule has 6 nitrogen and oxygen atoms in total. The summed E-state index contributed by atoms with van der Waals surface area (Å²) in [7, 11) is -2.22. The van der Waals surface area contributed by atoms with Crippen molar-refractivity contribution in [3.8, 4) is 5.75 Å². The summed E-state index contributed by atoms with van der Waals surface area (Å²) in [6.07, 6.45) is 0. The second-order valence-corrected chi connectivity index (χ2v) is 7.90. The van der Waals surface area contributed by atoms with E-state index in [2.05, 4.69) is 10.0 Å². The molecule has 0 bridgehead atoms. The van der Waals surface area contributed by atoms with Gasteiger partial charge >= 0.3 is 0 Å². The fourth-order valence-corrected chi connectivity index (χ4v) is 3.83. The maximum absolute atomic E-state index is 12.6. The molecule has 0 heterocycles. The Balaban J connectivity index is 2.10. The van der Waals surface area contributed by atoms with Crippen LogP contribution in [0.15, 0.2) is 59.5 Å². The summed E-state index contributed by atoms with van der Waals surface area (Å²) in [5.74, 6) is 0.0651. The Bertz CT molecular complexity index is 836. The lowest BCUT2D eigenvalue weighted by Crippen LogP contribution is -2.49. The zero-order valence-electron chi connectivity index (χ0n) is 15.1. The van der Waals surface area contributed by atoms with Crippen molar-refractivity contribution in [2.75, 3.05) is 7.11 Å². The smallest absolute Gasteiger partial charge is 0.241 e. The molecule has 0 aromatic heterocycles. The predicted octanol–water partition coefficient (Wildman–Crippen LogP) is 2.31. The van der Waals surface area contributed by atoms with Gasteiger partial charge in [0.15, 0.2) is 0 Å². The molecular weight excluding hydrogens is 352 g/mol. The maximum Gasteiger partial charge on any atom is 0.241 e. The third kappa shape index (κ3) is 5.06. The first-order valence-corrected chi connectivity index (χ1v) is 9.80. The maximum atomic E-state index is 12.6. The molecule has 0 saturated carbocycles. The number of para-hydroxylation sites is 1. The Kier molecular flexibility index (Phi) is 6.76. The van der Waals surface area contributed by atoms with E-state index in [-0.39, 0.29) is 23.3 Å². The zero-order valence-corrected chi connectivity index (χ0v) is 15.9. The summed E-state index contributed by atoms with van der Waals surface area (Å²) < 4.78 is 32.8. The van der Waals surface area contributed by atoms with Crippen molar-refractivity contribution in [3.05, 3.63) is 60.2 Å². The lowest BCUT2D eigenvalue weighted by molar-refractivity contribution is -0.123. The van der Waals surface area contributed by atoms with Crippen LogP contribution in [0.5, 0.6) is 5.75 Å². The summed E-state index contributed by atoms with van der Waals surface area (Å²) in [6, 6.07) is 14.5. The van der Waals surface area contributed by atoms with Crippen molar-refractivity contribution in [3.63, 3.8) is 0 Å². The molecule has 0 saturated heterocycles. The largest absolute Gasteiger partial charge is 0.496 e. The first-order valence-electron chi connectivity index (χ1n) is 8.32. The van der Waals surface area contributed by atoms with Gasteiger partial charge in [-0.1, -0.05) is 50.2 Å². The minimum absolute atomic E-state index is 0.128. The quantitative estimate of drug-likeness (QED) is 0.740. The van der Waals surface area contributed by atoms with Gasteiger partial charge < -0.3 is 10.1 Å². The number of nitrogens with one attached hydrogen (secondary N) is 2. The average molecular weight is 376 g/mol. The van der Waals surface area contributed by atoms with Gasteiger partial charge in [0.25, 0.3) is 0 Å². The molecule has 0 aliphatic carbocycles. The first kappa shape index (κ1) is 19.9. The van der Waals surface area contributed by atoms with Gasteiger partial charge in [0.2, 0.25) is 15.9 Å². The molecule has 7 heteroatoms. The summed E-state index contributed by atoms with van der Waals surface area (Å²) in [5.41, 5.74) is 0.816. The van der Waals surface area contributed by atoms with Crippen molar-refractivity contribution in [2.45, 2.75) is 31.3 Å². The zero-order chi connectivity index (χ0) is 19.2. The van der Waals surface area contributed by atoms with Crippen molar-refractivity contribution in [1.82, 2.24) is 10.0 Å². The normalized spacial score (nSPS) is 12.6. The highest BCUT2D eigenvalue weighted by atomic mass is 32.2. The van der Waals surface area contributed by atoms with Gasteiger partial charge in [0.1, 0.15) is 11.8 Å². The molecular formula is C19H24N2O4S. The molecule has 1 amide bonds. The van der Waals surface area contributed by atoms with Gasteiger partial charge in [-0.25, -0.2) is 8.42 Å². The van der Waals surface area contributed by atoms with Crippen molar-refractivity contribution >= 4 is 15.9 Å². The highest BCUT2D eigenvalue weighted by Gasteiger charge is 2.28. The average Bonchev–Trinajstić information content (AvgIpc) is 2.65. The molecule has 2 aromatic rings. The van der Waals surface area contributed by atoms with Crippen LogP contribution in [0.3, 0.4) is 0 Å². The number of carbonyl (C=O) groups is 1. The minimum atomic E-state index is -3.78. The summed E-state index contributed by atoms with van der Waals surface area (Å²) in [6.45, 7) is 3.83. The van der Waals surface area contributed by atoms with Gasteiger partial charge in [-0.05, 0) is 24.1 Å². The Hall–Kier alpha value is -2.38. The molecule has 0 spiro atoms. The molecule has 2 N–H and O–H groups in total. The van der Waals surface area contributed by atoms with Crippen LogP contribution in [0.1, 0.15) is 19.4 Å². The molecule has 140 valence electrons. The number of hydrogen-bond donors (Lipinski definition) is 2. The fraction of sp³-hybridized carbons (Fsp3) is 0.316. The van der Waals surface area contributed by atoms with E-state index in [9.17, 15) is 13.2 Å². The lowest BCUT2D eigenvalue weighted by atomic mass is 10.0. The molecule has 2 aromatic carbocycles. The topological polar surface area (TPSA) is 84.5 Å². The number of ether oxygens (including phenoxy) is 1. The molecule has 0 aliphatic heterocycles. The van der Waals surface area contributed by atoms with Gasteiger partial charge in [-0.3, -0.25) is 4.79 Å².